The van der Waals surface area contributed by atoms with Gasteiger partial charge in [0.1, 0.15) is 5.82 Å². The standard InChI is InChI=1S/C31H38N6O2.CH4/c1-6-22(5)37-18-20(3)29-25(30(38)34-17-26-19(2)13-21(4)35-31(26)39)14-24(15-27(29)37)23-7-8-28(33-16-23)36-11-9-32-10-12-36;/h7-8,13-16,18,22,32H,6,9-12,17H2,1-5H3,(H,34,38)(H,35,39);1H4/t22-;/m0./s1. The summed E-state index contributed by atoms with van der Waals surface area (Å²) in [4.78, 5) is 36.1. The van der Waals surface area contributed by atoms with Crippen LogP contribution in [0.5, 0.6) is 0 Å². The molecule has 8 heteroatoms. The predicted octanol–water partition coefficient (Wildman–Crippen LogP) is 5.26. The molecule has 0 bridgehead atoms. The molecule has 0 radical (unpaired) electrons. The number of H-pyrrole nitrogens is 1. The summed E-state index contributed by atoms with van der Waals surface area (Å²) in [7, 11) is 0. The molecule has 0 aliphatic carbocycles. The van der Waals surface area contributed by atoms with Gasteiger partial charge in [-0.15, -0.1) is 0 Å². The second-order valence-corrected chi connectivity index (χ2v) is 10.7. The van der Waals surface area contributed by atoms with E-state index in [1.807, 2.05) is 32.2 Å². The monoisotopic (exact) mass is 542 g/mol. The molecule has 3 N–H and O–H groups in total. The first-order chi connectivity index (χ1) is 18.8. The van der Waals surface area contributed by atoms with Gasteiger partial charge in [-0.25, -0.2) is 4.98 Å². The molecule has 0 spiro atoms. The lowest BCUT2D eigenvalue weighted by Crippen LogP contribution is -2.43. The summed E-state index contributed by atoms with van der Waals surface area (Å²) in [5.74, 6) is 0.772. The molecule has 5 rings (SSSR count). The van der Waals surface area contributed by atoms with Crippen molar-refractivity contribution < 1.29 is 4.79 Å². The first-order valence-corrected chi connectivity index (χ1v) is 13.8. The van der Waals surface area contributed by atoms with Crippen LogP contribution >= 0.6 is 0 Å². The number of rotatable bonds is 7. The zero-order valence-electron chi connectivity index (χ0n) is 23.5. The van der Waals surface area contributed by atoms with Crippen molar-refractivity contribution >= 4 is 22.6 Å². The lowest BCUT2D eigenvalue weighted by molar-refractivity contribution is 0.0952. The molecular formula is C32H42N6O2. The van der Waals surface area contributed by atoms with Crippen molar-refractivity contribution in [3.05, 3.63) is 81.0 Å². The lowest BCUT2D eigenvalue weighted by Gasteiger charge is -2.28. The molecule has 1 amide bonds. The van der Waals surface area contributed by atoms with E-state index in [1.54, 1.807) is 0 Å². The molecule has 0 saturated carbocycles. The van der Waals surface area contributed by atoms with Crippen molar-refractivity contribution in [2.45, 2.75) is 61.1 Å². The normalized spacial score (nSPS) is 14.2. The summed E-state index contributed by atoms with van der Waals surface area (Å²) in [5.41, 5.74) is 6.67. The van der Waals surface area contributed by atoms with E-state index in [4.69, 9.17) is 4.98 Å². The minimum atomic E-state index is -0.198. The number of piperazine rings is 1. The van der Waals surface area contributed by atoms with E-state index in [2.05, 4.69) is 70.3 Å². The molecule has 212 valence electrons. The smallest absolute Gasteiger partial charge is 0.253 e. The Hall–Kier alpha value is -3.91. The third-order valence-electron chi connectivity index (χ3n) is 7.87. The van der Waals surface area contributed by atoms with Gasteiger partial charge in [-0.2, -0.15) is 0 Å². The Kier molecular flexibility index (Phi) is 8.79. The molecule has 1 aliphatic rings. The average Bonchev–Trinajstić information content (AvgIpc) is 3.28. The van der Waals surface area contributed by atoms with E-state index in [0.29, 0.717) is 11.1 Å². The minimum Gasteiger partial charge on any atom is -0.354 e. The Balaban J connectivity index is 0.00000370. The number of carbonyl (C=O) groups is 1. The average molecular weight is 543 g/mol. The van der Waals surface area contributed by atoms with Gasteiger partial charge in [-0.1, -0.05) is 14.4 Å². The van der Waals surface area contributed by atoms with Crippen LogP contribution in [0.3, 0.4) is 0 Å². The Morgan fingerprint density at radius 1 is 1.07 bits per heavy atom. The zero-order valence-corrected chi connectivity index (χ0v) is 23.5. The summed E-state index contributed by atoms with van der Waals surface area (Å²) in [6.45, 7) is 14.1. The number of nitrogens with one attached hydrogen (secondary N) is 3. The first kappa shape index (κ1) is 29.1. The van der Waals surface area contributed by atoms with Crippen LogP contribution in [0.1, 0.15) is 66.5 Å². The van der Waals surface area contributed by atoms with E-state index >= 15 is 0 Å². The number of pyridine rings is 2. The van der Waals surface area contributed by atoms with Crippen molar-refractivity contribution in [1.82, 2.24) is 25.2 Å². The highest BCUT2D eigenvalue weighted by molar-refractivity contribution is 6.09. The van der Waals surface area contributed by atoms with Gasteiger partial charge in [0, 0.05) is 84.4 Å². The minimum absolute atomic E-state index is 0. The predicted molar refractivity (Wildman–Crippen MR) is 164 cm³/mol. The number of hydrogen-bond acceptors (Lipinski definition) is 5. The molecule has 1 aliphatic heterocycles. The SMILES string of the molecule is C.CC[C@H](C)n1cc(C)c2c(C(=O)NCc3c(C)cc(C)[nH]c3=O)cc(-c3ccc(N4CCNCC4)nc3)cc21. The third-order valence-corrected chi connectivity index (χ3v) is 7.87. The maximum Gasteiger partial charge on any atom is 0.253 e. The Morgan fingerprint density at radius 2 is 1.82 bits per heavy atom. The number of hydrogen-bond donors (Lipinski definition) is 3. The van der Waals surface area contributed by atoms with Crippen molar-refractivity contribution in [2.24, 2.45) is 0 Å². The molecule has 0 unspecified atom stereocenters. The number of nitrogens with zero attached hydrogens (tertiary/aromatic N) is 3. The summed E-state index contributed by atoms with van der Waals surface area (Å²) in [5, 5.41) is 7.34. The van der Waals surface area contributed by atoms with Crippen LogP contribution in [0.25, 0.3) is 22.0 Å². The highest BCUT2D eigenvalue weighted by atomic mass is 16.1. The van der Waals surface area contributed by atoms with Gasteiger partial charge in [-0.05, 0) is 81.1 Å². The molecule has 1 saturated heterocycles. The second-order valence-electron chi connectivity index (χ2n) is 10.7. The fraction of sp³-hybridized carbons (Fsp3) is 0.406. The van der Waals surface area contributed by atoms with E-state index in [0.717, 1.165) is 77.3 Å². The zero-order chi connectivity index (χ0) is 27.7. The van der Waals surface area contributed by atoms with Crippen LogP contribution in [0, 0.1) is 20.8 Å². The number of carbonyl (C=O) groups excluding carboxylic acids is 1. The number of anilines is 1. The number of aromatic amines is 1. The van der Waals surface area contributed by atoms with Crippen LogP contribution in [-0.2, 0) is 6.54 Å². The van der Waals surface area contributed by atoms with E-state index in [9.17, 15) is 9.59 Å². The molecular weight excluding hydrogens is 500 g/mol. The maximum absolute atomic E-state index is 13.7. The highest BCUT2D eigenvalue weighted by Gasteiger charge is 2.20. The summed E-state index contributed by atoms with van der Waals surface area (Å²) in [6, 6.07) is 10.5. The molecule has 1 aromatic carbocycles. The summed E-state index contributed by atoms with van der Waals surface area (Å²) >= 11 is 0. The van der Waals surface area contributed by atoms with Crippen molar-refractivity contribution in [1.29, 1.82) is 0 Å². The molecule has 4 aromatic rings. The lowest BCUT2D eigenvalue weighted by atomic mass is 9.98. The van der Waals surface area contributed by atoms with E-state index in [-0.39, 0.29) is 31.5 Å². The first-order valence-electron chi connectivity index (χ1n) is 13.8. The third kappa shape index (κ3) is 5.68. The van der Waals surface area contributed by atoms with Gasteiger partial charge in [0.15, 0.2) is 0 Å². The Morgan fingerprint density at radius 3 is 2.48 bits per heavy atom. The molecule has 8 nitrogen and oxygen atoms in total. The van der Waals surface area contributed by atoms with Crippen LogP contribution < -0.4 is 21.1 Å². The fourth-order valence-electron chi connectivity index (χ4n) is 5.50. The number of amides is 1. The number of fused-ring (bicyclic) bond motifs is 1. The topological polar surface area (TPSA) is 95.0 Å². The number of aryl methyl sites for hydroxylation is 3. The molecule has 3 aromatic heterocycles. The van der Waals surface area contributed by atoms with Gasteiger partial charge in [0.2, 0.25) is 0 Å². The van der Waals surface area contributed by atoms with Crippen molar-refractivity contribution in [3.63, 3.8) is 0 Å². The van der Waals surface area contributed by atoms with Gasteiger partial charge in [-0.3, -0.25) is 9.59 Å². The number of aromatic nitrogens is 3. The molecule has 1 atom stereocenters. The van der Waals surface area contributed by atoms with Gasteiger partial charge >= 0.3 is 0 Å². The van der Waals surface area contributed by atoms with Gasteiger partial charge < -0.3 is 25.1 Å². The molecule has 1 fully saturated rings. The van der Waals surface area contributed by atoms with E-state index in [1.165, 1.54) is 0 Å². The Bertz CT molecular complexity index is 1560. The largest absolute Gasteiger partial charge is 0.354 e. The fourth-order valence-corrected chi connectivity index (χ4v) is 5.50. The van der Waals surface area contributed by atoms with E-state index < -0.39 is 0 Å². The van der Waals surface area contributed by atoms with Crippen molar-refractivity contribution in [2.75, 3.05) is 31.1 Å². The summed E-state index contributed by atoms with van der Waals surface area (Å²) in [6.07, 6.45) is 5.02. The molecule has 4 heterocycles. The van der Waals surface area contributed by atoms with Gasteiger partial charge in [0.05, 0.1) is 0 Å². The highest BCUT2D eigenvalue weighted by Crippen LogP contribution is 2.34. The van der Waals surface area contributed by atoms with Crippen molar-refractivity contribution in [3.8, 4) is 11.1 Å². The number of benzene rings is 1. The van der Waals surface area contributed by atoms with Crippen LogP contribution in [0.15, 0.2) is 47.5 Å². The van der Waals surface area contributed by atoms with Gasteiger partial charge in [0.25, 0.3) is 11.5 Å². The molecule has 40 heavy (non-hydrogen) atoms. The summed E-state index contributed by atoms with van der Waals surface area (Å²) < 4.78 is 2.27. The van der Waals surface area contributed by atoms with Crippen LogP contribution in [0.4, 0.5) is 5.82 Å². The maximum atomic E-state index is 13.7. The second kappa shape index (κ2) is 12.1. The quantitative estimate of drug-likeness (QED) is 0.296. The Labute approximate surface area is 236 Å². The van der Waals surface area contributed by atoms with Crippen LogP contribution in [0.2, 0.25) is 0 Å². The van der Waals surface area contributed by atoms with Crippen LogP contribution in [-0.4, -0.2) is 46.6 Å².